The molecule has 3 nitrogen and oxygen atoms in total. The molecule has 0 amide bonds. The zero-order valence-corrected chi connectivity index (χ0v) is 11.4. The van der Waals surface area contributed by atoms with E-state index >= 15 is 0 Å². The molecular weight excluding hydrogens is 214 g/mol. The molecule has 3 heteroatoms. The maximum atomic E-state index is 5.62. The summed E-state index contributed by atoms with van der Waals surface area (Å²) in [5, 5.41) is 3.26. The van der Waals surface area contributed by atoms with Crippen LogP contribution in [0.1, 0.15) is 32.4 Å². The molecule has 0 radical (unpaired) electrons. The normalized spacial score (nSPS) is 14.7. The molecule has 96 valence electrons. The van der Waals surface area contributed by atoms with Crippen molar-refractivity contribution in [2.24, 2.45) is 0 Å². The van der Waals surface area contributed by atoms with E-state index in [0.29, 0.717) is 0 Å². The molecule has 0 spiro atoms. The quantitative estimate of drug-likeness (QED) is 0.825. The molecule has 0 bridgehead atoms. The molecule has 0 aliphatic carbocycles. The smallest absolute Gasteiger partial charge is 0.119 e. The van der Waals surface area contributed by atoms with Crippen molar-refractivity contribution in [3.63, 3.8) is 0 Å². The number of likely N-dealkylation sites (N-methyl/N-ethyl adjacent to an activating group) is 1. The van der Waals surface area contributed by atoms with Crippen molar-refractivity contribution in [1.29, 1.82) is 0 Å². The minimum absolute atomic E-state index is 0.136. The van der Waals surface area contributed by atoms with Gasteiger partial charge in [0.25, 0.3) is 0 Å². The van der Waals surface area contributed by atoms with E-state index in [1.54, 1.807) is 7.11 Å². The predicted octanol–water partition coefficient (Wildman–Crippen LogP) is 2.77. The van der Waals surface area contributed by atoms with Gasteiger partial charge in [0.2, 0.25) is 0 Å². The Balaban J connectivity index is 2.77. The van der Waals surface area contributed by atoms with Crippen molar-refractivity contribution in [1.82, 2.24) is 5.32 Å². The summed E-state index contributed by atoms with van der Waals surface area (Å²) >= 11 is 0. The van der Waals surface area contributed by atoms with Crippen LogP contribution in [0.25, 0.3) is 0 Å². The number of benzene rings is 1. The Bertz CT molecular complexity index is 321. The van der Waals surface area contributed by atoms with Crippen molar-refractivity contribution in [3.05, 3.63) is 29.8 Å². The van der Waals surface area contributed by atoms with Crippen LogP contribution in [-0.4, -0.2) is 26.4 Å². The Morgan fingerprint density at radius 3 is 2.06 bits per heavy atom. The van der Waals surface area contributed by atoms with Gasteiger partial charge in [0.1, 0.15) is 5.75 Å². The Labute approximate surface area is 104 Å². The summed E-state index contributed by atoms with van der Waals surface area (Å²) in [6.07, 6.45) is 0.343. The van der Waals surface area contributed by atoms with E-state index in [9.17, 15) is 0 Å². The van der Waals surface area contributed by atoms with Gasteiger partial charge < -0.3 is 14.8 Å². The third-order valence-electron chi connectivity index (χ3n) is 2.76. The van der Waals surface area contributed by atoms with Gasteiger partial charge in [-0.15, -0.1) is 0 Å². The summed E-state index contributed by atoms with van der Waals surface area (Å²) in [6, 6.07) is 8.36. The summed E-state index contributed by atoms with van der Waals surface area (Å²) in [6.45, 7) is 6.11. The maximum absolute atomic E-state index is 5.62. The van der Waals surface area contributed by atoms with Gasteiger partial charge in [0.15, 0.2) is 0 Å². The summed E-state index contributed by atoms with van der Waals surface area (Å²) < 4.78 is 11.0. The second-order valence-electron chi connectivity index (χ2n) is 4.44. The van der Waals surface area contributed by atoms with Crippen molar-refractivity contribution >= 4 is 0 Å². The fourth-order valence-electron chi connectivity index (χ4n) is 1.83. The van der Waals surface area contributed by atoms with Gasteiger partial charge >= 0.3 is 0 Å². The molecule has 2 atom stereocenters. The first-order chi connectivity index (χ1) is 8.08. The van der Waals surface area contributed by atoms with Crippen LogP contribution in [0, 0.1) is 0 Å². The summed E-state index contributed by atoms with van der Waals surface area (Å²) in [5.74, 6) is 0.906. The first kappa shape index (κ1) is 14.0. The van der Waals surface area contributed by atoms with Crippen LogP contribution in [0.4, 0.5) is 0 Å². The van der Waals surface area contributed by atoms with Gasteiger partial charge in [0.05, 0.1) is 18.2 Å². The monoisotopic (exact) mass is 237 g/mol. The van der Waals surface area contributed by atoms with Gasteiger partial charge in [-0.3, -0.25) is 0 Å². The Kier molecular flexibility index (Phi) is 5.45. The van der Waals surface area contributed by atoms with Gasteiger partial charge in [-0.2, -0.15) is 0 Å². The molecule has 0 heterocycles. The van der Waals surface area contributed by atoms with Crippen molar-refractivity contribution < 1.29 is 9.47 Å². The third-order valence-corrected chi connectivity index (χ3v) is 2.76. The number of ether oxygens (including phenoxy) is 2. The molecule has 0 aromatic heterocycles. The van der Waals surface area contributed by atoms with Crippen LogP contribution in [0.2, 0.25) is 0 Å². The van der Waals surface area contributed by atoms with E-state index in [4.69, 9.17) is 9.47 Å². The minimum atomic E-state index is 0.136. The number of hydrogen-bond donors (Lipinski definition) is 1. The van der Waals surface area contributed by atoms with Crippen LogP contribution in [-0.2, 0) is 4.74 Å². The lowest BCUT2D eigenvalue weighted by Crippen LogP contribution is -2.28. The summed E-state index contributed by atoms with van der Waals surface area (Å²) in [4.78, 5) is 0. The molecule has 17 heavy (non-hydrogen) atoms. The zero-order valence-electron chi connectivity index (χ0n) is 11.4. The number of nitrogens with one attached hydrogen (secondary N) is 1. The molecule has 0 saturated heterocycles. The van der Waals surface area contributed by atoms with Crippen molar-refractivity contribution in [2.75, 3.05) is 14.2 Å². The Morgan fingerprint density at radius 1 is 1.06 bits per heavy atom. The van der Waals surface area contributed by atoms with Crippen LogP contribution >= 0.6 is 0 Å². The molecule has 0 saturated carbocycles. The minimum Gasteiger partial charge on any atom is -0.491 e. The molecule has 0 aliphatic heterocycles. The first-order valence-corrected chi connectivity index (χ1v) is 6.05. The van der Waals surface area contributed by atoms with E-state index in [-0.39, 0.29) is 18.2 Å². The molecular formula is C14H23NO2. The second kappa shape index (κ2) is 6.62. The van der Waals surface area contributed by atoms with E-state index in [2.05, 4.69) is 24.4 Å². The van der Waals surface area contributed by atoms with Crippen molar-refractivity contribution in [2.45, 2.75) is 39.0 Å². The van der Waals surface area contributed by atoms with Gasteiger partial charge in [-0.05, 0) is 45.5 Å². The predicted molar refractivity (Wildman–Crippen MR) is 70.5 cm³/mol. The molecule has 1 N–H and O–H groups in total. The molecule has 2 unspecified atom stereocenters. The topological polar surface area (TPSA) is 30.5 Å². The standard InChI is InChI=1S/C14H23NO2/c1-10(2)17-13-8-6-12(7-9-13)14(15-4)11(3)16-5/h6-11,14-15H,1-5H3. The highest BCUT2D eigenvalue weighted by molar-refractivity contribution is 5.29. The van der Waals surface area contributed by atoms with Crippen LogP contribution in [0.3, 0.4) is 0 Å². The van der Waals surface area contributed by atoms with Crippen LogP contribution in [0.5, 0.6) is 5.75 Å². The Hall–Kier alpha value is -1.06. The van der Waals surface area contributed by atoms with Crippen LogP contribution in [0.15, 0.2) is 24.3 Å². The lowest BCUT2D eigenvalue weighted by molar-refractivity contribution is 0.0856. The number of rotatable bonds is 6. The Morgan fingerprint density at radius 2 is 1.65 bits per heavy atom. The average molecular weight is 237 g/mol. The van der Waals surface area contributed by atoms with Gasteiger partial charge in [-0.25, -0.2) is 0 Å². The number of hydrogen-bond acceptors (Lipinski definition) is 3. The van der Waals surface area contributed by atoms with E-state index in [1.165, 1.54) is 5.56 Å². The third kappa shape index (κ3) is 4.02. The van der Waals surface area contributed by atoms with Gasteiger partial charge in [0, 0.05) is 7.11 Å². The fourth-order valence-corrected chi connectivity index (χ4v) is 1.83. The van der Waals surface area contributed by atoms with Gasteiger partial charge in [-0.1, -0.05) is 12.1 Å². The highest BCUT2D eigenvalue weighted by atomic mass is 16.5. The summed E-state index contributed by atoms with van der Waals surface area (Å²) in [5.41, 5.74) is 1.21. The molecule has 1 aromatic rings. The molecule has 0 fully saturated rings. The van der Waals surface area contributed by atoms with E-state index in [1.807, 2.05) is 33.0 Å². The highest BCUT2D eigenvalue weighted by Gasteiger charge is 2.16. The lowest BCUT2D eigenvalue weighted by atomic mass is 10.0. The summed E-state index contributed by atoms with van der Waals surface area (Å²) in [7, 11) is 3.67. The first-order valence-electron chi connectivity index (χ1n) is 6.05. The maximum Gasteiger partial charge on any atom is 0.119 e. The lowest BCUT2D eigenvalue weighted by Gasteiger charge is -2.23. The highest BCUT2D eigenvalue weighted by Crippen LogP contribution is 2.22. The largest absolute Gasteiger partial charge is 0.491 e. The molecule has 0 aliphatic rings. The van der Waals surface area contributed by atoms with Crippen LogP contribution < -0.4 is 10.1 Å². The van der Waals surface area contributed by atoms with E-state index in [0.717, 1.165) is 5.75 Å². The number of methoxy groups -OCH3 is 1. The second-order valence-corrected chi connectivity index (χ2v) is 4.44. The zero-order chi connectivity index (χ0) is 12.8. The average Bonchev–Trinajstić information content (AvgIpc) is 2.31. The molecule has 1 aromatic carbocycles. The van der Waals surface area contributed by atoms with Crippen molar-refractivity contribution in [3.8, 4) is 5.75 Å². The van der Waals surface area contributed by atoms with E-state index < -0.39 is 0 Å². The molecule has 1 rings (SSSR count). The fraction of sp³-hybridized carbons (Fsp3) is 0.571. The SMILES string of the molecule is CNC(c1ccc(OC(C)C)cc1)C(C)OC.